The number of pyridine rings is 1. The monoisotopic (exact) mass is 386 g/mol. The third kappa shape index (κ3) is 4.21. The van der Waals surface area contributed by atoms with Crippen molar-refractivity contribution in [2.45, 2.75) is 50.5 Å². The topological polar surface area (TPSA) is 67.3 Å². The Hall–Kier alpha value is -2.21. The van der Waals surface area contributed by atoms with E-state index in [-0.39, 0.29) is 16.8 Å². The lowest BCUT2D eigenvalue weighted by Crippen LogP contribution is -2.35. The fourth-order valence-electron chi connectivity index (χ4n) is 3.70. The normalized spacial score (nSPS) is 18.2. The van der Waals surface area contributed by atoms with Crippen molar-refractivity contribution in [3.63, 3.8) is 0 Å². The molecule has 144 valence electrons. The summed E-state index contributed by atoms with van der Waals surface area (Å²) in [6.45, 7) is 4.41. The van der Waals surface area contributed by atoms with E-state index >= 15 is 0 Å². The molecule has 2 aromatic rings. The van der Waals surface area contributed by atoms with Gasteiger partial charge in [0.2, 0.25) is 0 Å². The zero-order valence-electron chi connectivity index (χ0n) is 16.1. The number of amides is 1. The van der Waals surface area contributed by atoms with Crippen LogP contribution in [0, 0.1) is 13.8 Å². The molecule has 0 aliphatic carbocycles. The predicted molar refractivity (Wildman–Crippen MR) is 106 cm³/mol. The Morgan fingerprint density at radius 2 is 1.81 bits per heavy atom. The van der Waals surface area contributed by atoms with Gasteiger partial charge in [-0.25, -0.2) is 8.42 Å². The van der Waals surface area contributed by atoms with Crippen LogP contribution in [0.5, 0.6) is 0 Å². The molecule has 0 saturated carbocycles. The Morgan fingerprint density at radius 1 is 1.11 bits per heavy atom. The summed E-state index contributed by atoms with van der Waals surface area (Å²) in [6, 6.07) is 7.09. The summed E-state index contributed by atoms with van der Waals surface area (Å²) in [5.41, 5.74) is 3.21. The van der Waals surface area contributed by atoms with Crippen LogP contribution in [-0.2, 0) is 9.84 Å². The van der Waals surface area contributed by atoms with Crippen molar-refractivity contribution in [3.05, 3.63) is 58.9 Å². The molecule has 0 N–H and O–H groups in total. The number of carbonyl (C=O) groups is 1. The average molecular weight is 387 g/mol. The number of likely N-dealkylation sites (tertiary alicyclic amines) is 1. The largest absolute Gasteiger partial charge is 0.332 e. The summed E-state index contributed by atoms with van der Waals surface area (Å²) in [7, 11) is -3.38. The van der Waals surface area contributed by atoms with Crippen LogP contribution in [0.3, 0.4) is 0 Å². The standard InChI is InChI=1S/C21H26N2O3S/c1-15-13-18(27(3,25)26)14-19(16(15)2)21(24)23-12-6-4-5-7-20(23)17-8-10-22-11-9-17/h8-11,13-14,20H,4-7,12H2,1-3H3. The molecule has 1 aromatic heterocycles. The second-order valence-electron chi connectivity index (χ2n) is 7.33. The zero-order chi connectivity index (χ0) is 19.6. The maximum absolute atomic E-state index is 13.5. The van der Waals surface area contributed by atoms with Crippen molar-refractivity contribution in [2.24, 2.45) is 0 Å². The highest BCUT2D eigenvalue weighted by atomic mass is 32.2. The first-order valence-corrected chi connectivity index (χ1v) is 11.2. The number of rotatable bonds is 3. The summed E-state index contributed by atoms with van der Waals surface area (Å²) in [4.78, 5) is 19.7. The smallest absolute Gasteiger partial charge is 0.254 e. The van der Waals surface area contributed by atoms with E-state index < -0.39 is 9.84 Å². The van der Waals surface area contributed by atoms with Crippen LogP contribution >= 0.6 is 0 Å². The minimum Gasteiger partial charge on any atom is -0.332 e. The van der Waals surface area contributed by atoms with Gasteiger partial charge in [-0.1, -0.05) is 12.8 Å². The van der Waals surface area contributed by atoms with Gasteiger partial charge in [-0.15, -0.1) is 0 Å². The fourth-order valence-corrected chi connectivity index (χ4v) is 4.42. The Kier molecular flexibility index (Phi) is 5.65. The SMILES string of the molecule is Cc1cc(S(C)(=O)=O)cc(C(=O)N2CCCCCC2c2ccncc2)c1C. The van der Waals surface area contributed by atoms with E-state index in [0.29, 0.717) is 12.1 Å². The first-order valence-electron chi connectivity index (χ1n) is 9.31. The molecule has 0 bridgehead atoms. The van der Waals surface area contributed by atoms with Gasteiger partial charge in [0.05, 0.1) is 10.9 Å². The van der Waals surface area contributed by atoms with Crippen molar-refractivity contribution < 1.29 is 13.2 Å². The first kappa shape index (κ1) is 19.5. The molecule has 27 heavy (non-hydrogen) atoms. The number of aryl methyl sites for hydroxylation is 1. The molecule has 1 unspecified atom stereocenters. The van der Waals surface area contributed by atoms with Crippen LogP contribution in [0.15, 0.2) is 41.6 Å². The van der Waals surface area contributed by atoms with Crippen LogP contribution in [0.25, 0.3) is 0 Å². The Bertz CT molecular complexity index is 939. The van der Waals surface area contributed by atoms with E-state index in [1.807, 2.05) is 30.9 Å². The quantitative estimate of drug-likeness (QED) is 0.803. The van der Waals surface area contributed by atoms with Gasteiger partial charge in [0, 0.05) is 30.8 Å². The predicted octanol–water partition coefficient (Wildman–Crippen LogP) is 3.86. The molecule has 2 heterocycles. The Labute approximate surface area is 161 Å². The van der Waals surface area contributed by atoms with Crippen molar-refractivity contribution in [2.75, 3.05) is 12.8 Å². The number of carbonyl (C=O) groups excluding carboxylic acids is 1. The highest BCUT2D eigenvalue weighted by Crippen LogP contribution is 2.32. The number of sulfone groups is 1. The van der Waals surface area contributed by atoms with Crippen molar-refractivity contribution in [1.82, 2.24) is 9.88 Å². The van der Waals surface area contributed by atoms with Gasteiger partial charge in [-0.2, -0.15) is 0 Å². The van der Waals surface area contributed by atoms with Crippen LogP contribution < -0.4 is 0 Å². The molecule has 1 fully saturated rings. The van der Waals surface area contributed by atoms with Crippen LogP contribution in [0.2, 0.25) is 0 Å². The van der Waals surface area contributed by atoms with Crippen LogP contribution in [0.4, 0.5) is 0 Å². The van der Waals surface area contributed by atoms with Gasteiger partial charge in [0.25, 0.3) is 5.91 Å². The third-order valence-electron chi connectivity index (χ3n) is 5.40. The van der Waals surface area contributed by atoms with Gasteiger partial charge >= 0.3 is 0 Å². The van der Waals surface area contributed by atoms with Gasteiger partial charge in [-0.05, 0) is 67.6 Å². The fraction of sp³-hybridized carbons (Fsp3) is 0.429. The summed E-state index contributed by atoms with van der Waals surface area (Å²) < 4.78 is 24.1. The Morgan fingerprint density at radius 3 is 2.48 bits per heavy atom. The molecule has 1 aliphatic rings. The number of aromatic nitrogens is 1. The van der Waals surface area contributed by atoms with Gasteiger partial charge < -0.3 is 4.90 Å². The Balaban J connectivity index is 2.06. The lowest BCUT2D eigenvalue weighted by Gasteiger charge is -2.31. The summed E-state index contributed by atoms with van der Waals surface area (Å²) in [6.07, 6.45) is 8.70. The van der Waals surface area contributed by atoms with Crippen LogP contribution in [-0.4, -0.2) is 37.0 Å². The molecule has 3 rings (SSSR count). The highest BCUT2D eigenvalue weighted by molar-refractivity contribution is 7.90. The second kappa shape index (κ2) is 7.80. The molecule has 1 aliphatic heterocycles. The average Bonchev–Trinajstić information content (AvgIpc) is 2.89. The number of hydrogen-bond acceptors (Lipinski definition) is 4. The molecule has 1 atom stereocenters. The van der Waals surface area contributed by atoms with Crippen molar-refractivity contribution in [1.29, 1.82) is 0 Å². The number of benzene rings is 1. The van der Waals surface area contributed by atoms with Gasteiger partial charge in [0.1, 0.15) is 0 Å². The highest BCUT2D eigenvalue weighted by Gasteiger charge is 2.29. The van der Waals surface area contributed by atoms with E-state index in [1.54, 1.807) is 18.5 Å². The number of hydrogen-bond donors (Lipinski definition) is 0. The van der Waals surface area contributed by atoms with E-state index in [1.165, 1.54) is 12.3 Å². The van der Waals surface area contributed by atoms with E-state index in [9.17, 15) is 13.2 Å². The lowest BCUT2D eigenvalue weighted by molar-refractivity contribution is 0.0679. The van der Waals surface area contributed by atoms with E-state index in [0.717, 1.165) is 42.4 Å². The third-order valence-corrected chi connectivity index (χ3v) is 6.50. The lowest BCUT2D eigenvalue weighted by atomic mass is 9.98. The zero-order valence-corrected chi connectivity index (χ0v) is 16.9. The summed E-state index contributed by atoms with van der Waals surface area (Å²) in [5, 5.41) is 0. The van der Waals surface area contributed by atoms with E-state index in [4.69, 9.17) is 0 Å². The minimum absolute atomic E-state index is 0.00963. The molecule has 6 heteroatoms. The molecule has 5 nitrogen and oxygen atoms in total. The summed E-state index contributed by atoms with van der Waals surface area (Å²) >= 11 is 0. The maximum Gasteiger partial charge on any atom is 0.254 e. The minimum atomic E-state index is -3.38. The first-order chi connectivity index (χ1) is 12.8. The van der Waals surface area contributed by atoms with Crippen LogP contribution in [0.1, 0.15) is 58.8 Å². The molecular weight excluding hydrogens is 360 g/mol. The molecule has 0 radical (unpaired) electrons. The van der Waals surface area contributed by atoms with Gasteiger partial charge in [0.15, 0.2) is 9.84 Å². The molecule has 1 aromatic carbocycles. The molecule has 1 amide bonds. The molecule has 1 saturated heterocycles. The number of nitrogens with zero attached hydrogens (tertiary/aromatic N) is 2. The molecular formula is C21H26N2O3S. The summed E-state index contributed by atoms with van der Waals surface area (Å²) in [5.74, 6) is -0.0928. The van der Waals surface area contributed by atoms with E-state index in [2.05, 4.69) is 4.98 Å². The van der Waals surface area contributed by atoms with Gasteiger partial charge in [-0.3, -0.25) is 9.78 Å². The maximum atomic E-state index is 13.5. The molecule has 0 spiro atoms. The second-order valence-corrected chi connectivity index (χ2v) is 9.34. The van der Waals surface area contributed by atoms with Crippen molar-refractivity contribution >= 4 is 15.7 Å². The van der Waals surface area contributed by atoms with Crippen molar-refractivity contribution in [3.8, 4) is 0 Å².